The molecule has 0 fully saturated rings. The maximum absolute atomic E-state index is 13.8. The summed E-state index contributed by atoms with van der Waals surface area (Å²) in [6, 6.07) is 12.6. The SMILES string of the molecule is O=C1C[C@](C(=O)O)(c2ccccc2)c2cccc(F)c21. The van der Waals surface area contributed by atoms with Crippen LogP contribution in [0.3, 0.4) is 0 Å². The van der Waals surface area contributed by atoms with Crippen molar-refractivity contribution in [3.8, 4) is 0 Å². The zero-order valence-corrected chi connectivity index (χ0v) is 10.5. The highest BCUT2D eigenvalue weighted by Gasteiger charge is 2.51. The highest BCUT2D eigenvalue weighted by Crippen LogP contribution is 2.45. The third-order valence-electron chi connectivity index (χ3n) is 3.81. The Balaban J connectivity index is 2.35. The summed E-state index contributed by atoms with van der Waals surface area (Å²) in [6.45, 7) is 0. The molecule has 0 aliphatic heterocycles. The fourth-order valence-electron chi connectivity index (χ4n) is 2.88. The monoisotopic (exact) mass is 270 g/mol. The first-order valence-electron chi connectivity index (χ1n) is 6.18. The third-order valence-corrected chi connectivity index (χ3v) is 3.81. The molecular weight excluding hydrogens is 259 g/mol. The predicted octanol–water partition coefficient (Wildman–Crippen LogP) is 2.78. The molecule has 0 unspecified atom stereocenters. The van der Waals surface area contributed by atoms with Gasteiger partial charge >= 0.3 is 5.97 Å². The lowest BCUT2D eigenvalue weighted by atomic mass is 9.75. The quantitative estimate of drug-likeness (QED) is 0.913. The summed E-state index contributed by atoms with van der Waals surface area (Å²) in [5.41, 5.74) is -0.861. The van der Waals surface area contributed by atoms with Crippen LogP contribution in [0.25, 0.3) is 0 Å². The van der Waals surface area contributed by atoms with Crippen molar-refractivity contribution in [1.29, 1.82) is 0 Å². The minimum Gasteiger partial charge on any atom is -0.480 e. The average molecular weight is 270 g/mol. The lowest BCUT2D eigenvalue weighted by Gasteiger charge is -2.25. The first kappa shape index (κ1) is 12.5. The van der Waals surface area contributed by atoms with Crippen molar-refractivity contribution in [3.05, 3.63) is 71.0 Å². The minimum atomic E-state index is -1.49. The van der Waals surface area contributed by atoms with Crippen LogP contribution in [-0.4, -0.2) is 16.9 Å². The number of carbonyl (C=O) groups is 2. The Morgan fingerprint density at radius 3 is 2.45 bits per heavy atom. The molecule has 1 aliphatic carbocycles. The minimum absolute atomic E-state index is 0.0984. The molecule has 3 nitrogen and oxygen atoms in total. The van der Waals surface area contributed by atoms with E-state index in [4.69, 9.17) is 0 Å². The van der Waals surface area contributed by atoms with Crippen LogP contribution in [0, 0.1) is 5.82 Å². The van der Waals surface area contributed by atoms with Crippen LogP contribution in [0.1, 0.15) is 27.9 Å². The molecule has 0 bridgehead atoms. The smallest absolute Gasteiger partial charge is 0.319 e. The third kappa shape index (κ3) is 1.51. The van der Waals surface area contributed by atoms with E-state index in [1.54, 1.807) is 30.3 Å². The molecule has 20 heavy (non-hydrogen) atoms. The maximum atomic E-state index is 13.8. The van der Waals surface area contributed by atoms with Gasteiger partial charge in [0.1, 0.15) is 11.2 Å². The number of benzene rings is 2. The van der Waals surface area contributed by atoms with Crippen molar-refractivity contribution >= 4 is 11.8 Å². The number of aliphatic carboxylic acids is 1. The van der Waals surface area contributed by atoms with E-state index in [1.165, 1.54) is 18.2 Å². The van der Waals surface area contributed by atoms with Gasteiger partial charge in [0, 0.05) is 6.42 Å². The van der Waals surface area contributed by atoms with Gasteiger partial charge in [-0.2, -0.15) is 0 Å². The fraction of sp³-hybridized carbons (Fsp3) is 0.125. The first-order chi connectivity index (χ1) is 9.57. The summed E-state index contributed by atoms with van der Waals surface area (Å²) in [4.78, 5) is 23.9. The van der Waals surface area contributed by atoms with Gasteiger partial charge in [0.2, 0.25) is 0 Å². The van der Waals surface area contributed by atoms with Crippen LogP contribution in [0.15, 0.2) is 48.5 Å². The molecule has 1 aliphatic rings. The molecule has 0 heterocycles. The van der Waals surface area contributed by atoms with Crippen LogP contribution in [0.5, 0.6) is 0 Å². The number of ketones is 1. The fourth-order valence-corrected chi connectivity index (χ4v) is 2.88. The van der Waals surface area contributed by atoms with Gasteiger partial charge in [-0.15, -0.1) is 0 Å². The van der Waals surface area contributed by atoms with Gasteiger partial charge in [-0.25, -0.2) is 4.39 Å². The van der Waals surface area contributed by atoms with Crippen LogP contribution in [0.4, 0.5) is 4.39 Å². The van der Waals surface area contributed by atoms with E-state index in [1.807, 2.05) is 0 Å². The second-order valence-electron chi connectivity index (χ2n) is 4.84. The molecule has 0 spiro atoms. The van der Waals surface area contributed by atoms with Gasteiger partial charge in [-0.1, -0.05) is 42.5 Å². The van der Waals surface area contributed by atoms with E-state index in [0.29, 0.717) is 5.56 Å². The second kappa shape index (κ2) is 4.27. The van der Waals surface area contributed by atoms with Crippen molar-refractivity contribution < 1.29 is 19.1 Å². The molecule has 100 valence electrons. The standard InChI is InChI=1S/C16H11FO3/c17-12-8-4-7-11-14(12)13(18)9-16(11,15(19)20)10-5-2-1-3-6-10/h1-8H,9H2,(H,19,20)/t16-/m0/s1. The van der Waals surface area contributed by atoms with Gasteiger partial charge in [0.05, 0.1) is 5.56 Å². The topological polar surface area (TPSA) is 54.4 Å². The Hall–Kier alpha value is -2.49. The molecule has 4 heteroatoms. The Labute approximate surface area is 114 Å². The molecule has 1 N–H and O–H groups in total. The van der Waals surface area contributed by atoms with E-state index in [-0.39, 0.29) is 17.5 Å². The molecule has 1 atom stereocenters. The van der Waals surface area contributed by atoms with Gasteiger partial charge in [0.25, 0.3) is 0 Å². The van der Waals surface area contributed by atoms with Crippen molar-refractivity contribution in [1.82, 2.24) is 0 Å². The number of hydrogen-bond donors (Lipinski definition) is 1. The molecule has 0 aromatic heterocycles. The van der Waals surface area contributed by atoms with E-state index in [9.17, 15) is 19.1 Å². The van der Waals surface area contributed by atoms with Crippen LogP contribution in [-0.2, 0) is 10.2 Å². The molecule has 2 aromatic rings. The summed E-state index contributed by atoms with van der Waals surface area (Å²) in [6.07, 6.45) is -0.247. The number of carbonyl (C=O) groups excluding carboxylic acids is 1. The Kier molecular flexibility index (Phi) is 2.67. The van der Waals surface area contributed by atoms with Gasteiger partial charge in [-0.05, 0) is 17.2 Å². The number of Topliss-reactive ketones (excluding diaryl/α,β-unsaturated/α-hetero) is 1. The molecule has 0 saturated carbocycles. The average Bonchev–Trinajstić information content (AvgIpc) is 2.75. The van der Waals surface area contributed by atoms with Crippen LogP contribution < -0.4 is 0 Å². The Bertz CT molecular complexity index is 709. The predicted molar refractivity (Wildman–Crippen MR) is 70.2 cm³/mol. The lowest BCUT2D eigenvalue weighted by Crippen LogP contribution is -2.35. The largest absolute Gasteiger partial charge is 0.480 e. The molecule has 2 aromatic carbocycles. The van der Waals surface area contributed by atoms with Crippen molar-refractivity contribution in [2.24, 2.45) is 0 Å². The number of rotatable bonds is 2. The zero-order valence-electron chi connectivity index (χ0n) is 10.5. The van der Waals surface area contributed by atoms with E-state index in [2.05, 4.69) is 0 Å². The van der Waals surface area contributed by atoms with Gasteiger partial charge in [-0.3, -0.25) is 9.59 Å². The number of hydrogen-bond acceptors (Lipinski definition) is 2. The highest BCUT2D eigenvalue weighted by molar-refractivity contribution is 6.09. The molecule has 0 saturated heterocycles. The Morgan fingerprint density at radius 1 is 1.10 bits per heavy atom. The molecule has 3 rings (SSSR count). The molecular formula is C16H11FO3. The summed E-state index contributed by atoms with van der Waals surface area (Å²) in [5, 5.41) is 9.70. The highest BCUT2D eigenvalue weighted by atomic mass is 19.1. The van der Waals surface area contributed by atoms with Crippen molar-refractivity contribution in [3.63, 3.8) is 0 Å². The lowest BCUT2D eigenvalue weighted by molar-refractivity contribution is -0.141. The first-order valence-corrected chi connectivity index (χ1v) is 6.18. The molecule has 0 radical (unpaired) electrons. The zero-order chi connectivity index (χ0) is 14.3. The Morgan fingerprint density at radius 2 is 1.80 bits per heavy atom. The van der Waals surface area contributed by atoms with Gasteiger partial charge < -0.3 is 5.11 Å². The maximum Gasteiger partial charge on any atom is 0.319 e. The molecule has 0 amide bonds. The number of carboxylic acids is 1. The normalized spacial score (nSPS) is 20.8. The van der Waals surface area contributed by atoms with Crippen molar-refractivity contribution in [2.75, 3.05) is 0 Å². The number of fused-ring (bicyclic) bond motifs is 1. The summed E-state index contributed by atoms with van der Waals surface area (Å²) in [5.74, 6) is -2.27. The summed E-state index contributed by atoms with van der Waals surface area (Å²) < 4.78 is 13.8. The van der Waals surface area contributed by atoms with E-state index >= 15 is 0 Å². The second-order valence-corrected chi connectivity index (χ2v) is 4.84. The van der Waals surface area contributed by atoms with Gasteiger partial charge in [0.15, 0.2) is 5.78 Å². The van der Waals surface area contributed by atoms with Crippen LogP contribution >= 0.6 is 0 Å². The van der Waals surface area contributed by atoms with Crippen molar-refractivity contribution in [2.45, 2.75) is 11.8 Å². The number of carboxylic acid groups (broad SMARTS) is 1. The van der Waals surface area contributed by atoms with E-state index < -0.39 is 23.0 Å². The van der Waals surface area contributed by atoms with E-state index in [0.717, 1.165) is 0 Å². The summed E-state index contributed by atoms with van der Waals surface area (Å²) in [7, 11) is 0. The number of halogens is 1. The van der Waals surface area contributed by atoms with Crippen LogP contribution in [0.2, 0.25) is 0 Å². The summed E-state index contributed by atoms with van der Waals surface area (Å²) >= 11 is 0.